The normalized spacial score (nSPS) is 22.8. The minimum atomic E-state index is 0.00463. The number of carbonyl (C=O) groups excluding carboxylic acids is 1. The second-order valence-electron chi connectivity index (χ2n) is 2.93. The van der Waals surface area contributed by atoms with E-state index in [0.717, 1.165) is 9.21 Å². The summed E-state index contributed by atoms with van der Waals surface area (Å²) in [5.41, 5.74) is 0. The standard InChI is InChI=1S/C8H9ClN2OS/c1-11-7(12)4-10-8(11)5-2-3-6(9)13-5/h2-3,8,10H,4H2,1H3. The van der Waals surface area contributed by atoms with Gasteiger partial charge in [0.1, 0.15) is 6.17 Å². The van der Waals surface area contributed by atoms with Gasteiger partial charge in [-0.3, -0.25) is 10.1 Å². The van der Waals surface area contributed by atoms with Crippen molar-refractivity contribution in [3.63, 3.8) is 0 Å². The van der Waals surface area contributed by atoms with Crippen molar-refractivity contribution in [2.24, 2.45) is 0 Å². The molecular weight excluding hydrogens is 208 g/mol. The van der Waals surface area contributed by atoms with Gasteiger partial charge in [-0.15, -0.1) is 11.3 Å². The Hall–Kier alpha value is -0.580. The maximum atomic E-state index is 11.2. The average molecular weight is 217 g/mol. The first kappa shape index (κ1) is 8.99. The van der Waals surface area contributed by atoms with Crippen LogP contribution < -0.4 is 5.32 Å². The highest BCUT2D eigenvalue weighted by molar-refractivity contribution is 7.16. The predicted molar refractivity (Wildman–Crippen MR) is 52.8 cm³/mol. The van der Waals surface area contributed by atoms with Crippen molar-refractivity contribution in [2.75, 3.05) is 13.6 Å². The van der Waals surface area contributed by atoms with Gasteiger partial charge in [0.2, 0.25) is 5.91 Å². The third-order valence-electron chi connectivity index (χ3n) is 2.09. The number of hydrogen-bond acceptors (Lipinski definition) is 3. The van der Waals surface area contributed by atoms with Crippen LogP contribution in [0.25, 0.3) is 0 Å². The quantitative estimate of drug-likeness (QED) is 0.771. The summed E-state index contributed by atoms with van der Waals surface area (Å²) in [6.07, 6.45) is 0.00463. The predicted octanol–water partition coefficient (Wildman–Crippen LogP) is 1.46. The highest BCUT2D eigenvalue weighted by atomic mass is 35.5. The Kier molecular flexibility index (Phi) is 2.27. The van der Waals surface area contributed by atoms with E-state index >= 15 is 0 Å². The molecule has 1 N–H and O–H groups in total. The molecule has 1 unspecified atom stereocenters. The summed E-state index contributed by atoms with van der Waals surface area (Å²) in [5, 5.41) is 3.11. The lowest BCUT2D eigenvalue weighted by Crippen LogP contribution is -2.24. The maximum absolute atomic E-state index is 11.2. The largest absolute Gasteiger partial charge is 0.324 e. The van der Waals surface area contributed by atoms with E-state index in [9.17, 15) is 4.79 Å². The number of rotatable bonds is 1. The van der Waals surface area contributed by atoms with Crippen molar-refractivity contribution in [3.05, 3.63) is 21.3 Å². The average Bonchev–Trinajstić information content (AvgIpc) is 2.62. The van der Waals surface area contributed by atoms with Crippen molar-refractivity contribution in [3.8, 4) is 0 Å². The van der Waals surface area contributed by atoms with Crippen LogP contribution in [0.5, 0.6) is 0 Å². The van der Waals surface area contributed by atoms with Gasteiger partial charge >= 0.3 is 0 Å². The Morgan fingerprint density at radius 2 is 2.46 bits per heavy atom. The van der Waals surface area contributed by atoms with Crippen molar-refractivity contribution >= 4 is 28.8 Å². The van der Waals surface area contributed by atoms with Gasteiger partial charge in [-0.25, -0.2) is 0 Å². The minimum Gasteiger partial charge on any atom is -0.324 e. The number of halogens is 1. The van der Waals surface area contributed by atoms with E-state index in [1.54, 1.807) is 11.9 Å². The molecule has 0 aliphatic carbocycles. The molecule has 1 amide bonds. The topological polar surface area (TPSA) is 32.3 Å². The number of nitrogens with zero attached hydrogens (tertiary/aromatic N) is 1. The molecule has 1 aromatic heterocycles. The monoisotopic (exact) mass is 216 g/mol. The van der Waals surface area contributed by atoms with Crippen LogP contribution in [0.2, 0.25) is 4.34 Å². The second kappa shape index (κ2) is 3.29. The first-order chi connectivity index (χ1) is 6.18. The molecule has 2 rings (SSSR count). The van der Waals surface area contributed by atoms with Gasteiger partial charge in [-0.2, -0.15) is 0 Å². The fourth-order valence-corrected chi connectivity index (χ4v) is 2.54. The molecule has 1 aromatic rings. The Bertz CT molecular complexity index is 339. The highest BCUT2D eigenvalue weighted by Gasteiger charge is 2.28. The lowest BCUT2D eigenvalue weighted by molar-refractivity contribution is -0.126. The van der Waals surface area contributed by atoms with E-state index in [1.165, 1.54) is 11.3 Å². The zero-order valence-electron chi connectivity index (χ0n) is 7.08. The molecule has 70 valence electrons. The third kappa shape index (κ3) is 1.57. The van der Waals surface area contributed by atoms with Crippen LogP contribution in [-0.4, -0.2) is 24.4 Å². The summed E-state index contributed by atoms with van der Waals surface area (Å²) >= 11 is 7.31. The first-order valence-electron chi connectivity index (χ1n) is 3.93. The number of carbonyl (C=O) groups is 1. The molecular formula is C8H9ClN2OS. The van der Waals surface area contributed by atoms with E-state index in [0.29, 0.717) is 6.54 Å². The van der Waals surface area contributed by atoms with Crippen LogP contribution in [0, 0.1) is 0 Å². The van der Waals surface area contributed by atoms with E-state index in [1.807, 2.05) is 12.1 Å². The molecule has 0 saturated carbocycles. The second-order valence-corrected chi connectivity index (χ2v) is 4.68. The fourth-order valence-electron chi connectivity index (χ4n) is 1.36. The van der Waals surface area contributed by atoms with Crippen LogP contribution in [0.3, 0.4) is 0 Å². The number of hydrogen-bond donors (Lipinski definition) is 1. The van der Waals surface area contributed by atoms with Gasteiger partial charge in [0.05, 0.1) is 10.9 Å². The van der Waals surface area contributed by atoms with Gasteiger partial charge in [-0.1, -0.05) is 11.6 Å². The molecule has 13 heavy (non-hydrogen) atoms. The van der Waals surface area contributed by atoms with E-state index in [-0.39, 0.29) is 12.1 Å². The summed E-state index contributed by atoms with van der Waals surface area (Å²) in [6, 6.07) is 3.79. The third-order valence-corrected chi connectivity index (χ3v) is 3.37. The summed E-state index contributed by atoms with van der Waals surface area (Å²) in [5.74, 6) is 0.120. The lowest BCUT2D eigenvalue weighted by Gasteiger charge is -2.17. The molecule has 0 aromatic carbocycles. The number of likely N-dealkylation sites (N-methyl/N-ethyl adjacent to an activating group) is 1. The Morgan fingerprint density at radius 3 is 2.92 bits per heavy atom. The summed E-state index contributed by atoms with van der Waals surface area (Å²) in [7, 11) is 1.79. The van der Waals surface area contributed by atoms with E-state index < -0.39 is 0 Å². The van der Waals surface area contributed by atoms with Crippen LogP contribution >= 0.6 is 22.9 Å². The molecule has 1 atom stereocenters. The van der Waals surface area contributed by atoms with Crippen molar-refractivity contribution in [1.29, 1.82) is 0 Å². The van der Waals surface area contributed by atoms with Crippen molar-refractivity contribution in [1.82, 2.24) is 10.2 Å². The van der Waals surface area contributed by atoms with Crippen molar-refractivity contribution in [2.45, 2.75) is 6.17 Å². The summed E-state index contributed by atoms with van der Waals surface area (Å²) in [6.45, 7) is 0.413. The number of nitrogens with one attached hydrogen (secondary N) is 1. The molecule has 3 nitrogen and oxygen atoms in total. The van der Waals surface area contributed by atoms with Gasteiger partial charge in [-0.05, 0) is 12.1 Å². The first-order valence-corrected chi connectivity index (χ1v) is 5.12. The molecule has 1 saturated heterocycles. The van der Waals surface area contributed by atoms with Crippen LogP contribution in [0.15, 0.2) is 12.1 Å². The molecule has 2 heterocycles. The Labute approximate surface area is 85.3 Å². The van der Waals surface area contributed by atoms with Crippen LogP contribution in [0.1, 0.15) is 11.0 Å². The van der Waals surface area contributed by atoms with Crippen molar-refractivity contribution < 1.29 is 4.79 Å². The smallest absolute Gasteiger partial charge is 0.237 e. The molecule has 0 radical (unpaired) electrons. The van der Waals surface area contributed by atoms with E-state index in [2.05, 4.69) is 5.32 Å². The minimum absolute atomic E-state index is 0.00463. The number of thiophene rings is 1. The zero-order valence-corrected chi connectivity index (χ0v) is 8.65. The molecule has 1 aliphatic rings. The Morgan fingerprint density at radius 1 is 1.69 bits per heavy atom. The van der Waals surface area contributed by atoms with Gasteiger partial charge in [0.25, 0.3) is 0 Å². The molecule has 1 aliphatic heterocycles. The number of amides is 1. The fraction of sp³-hybridized carbons (Fsp3) is 0.375. The maximum Gasteiger partial charge on any atom is 0.237 e. The lowest BCUT2D eigenvalue weighted by atomic mass is 10.4. The molecule has 5 heteroatoms. The zero-order chi connectivity index (χ0) is 9.42. The summed E-state index contributed by atoms with van der Waals surface area (Å²) < 4.78 is 0.754. The van der Waals surface area contributed by atoms with Gasteiger partial charge < -0.3 is 4.90 Å². The van der Waals surface area contributed by atoms with Gasteiger partial charge in [0, 0.05) is 11.9 Å². The molecule has 0 spiro atoms. The summed E-state index contributed by atoms with van der Waals surface area (Å²) in [4.78, 5) is 14.0. The highest BCUT2D eigenvalue weighted by Crippen LogP contribution is 2.29. The Balaban J connectivity index is 2.23. The SMILES string of the molecule is CN1C(=O)CNC1c1ccc(Cl)s1. The van der Waals surface area contributed by atoms with Crippen LogP contribution in [-0.2, 0) is 4.79 Å². The van der Waals surface area contributed by atoms with E-state index in [4.69, 9.17) is 11.6 Å². The van der Waals surface area contributed by atoms with Crippen LogP contribution in [0.4, 0.5) is 0 Å². The molecule has 0 bridgehead atoms. The molecule has 1 fully saturated rings. The van der Waals surface area contributed by atoms with Gasteiger partial charge in [0.15, 0.2) is 0 Å².